The molecule has 194 valence electrons. The van der Waals surface area contributed by atoms with E-state index in [0.29, 0.717) is 23.8 Å². The van der Waals surface area contributed by atoms with Gasteiger partial charge in [-0.15, -0.1) is 6.58 Å². The van der Waals surface area contributed by atoms with Gasteiger partial charge in [0.05, 0.1) is 6.04 Å². The average molecular weight is 502 g/mol. The quantitative estimate of drug-likeness (QED) is 0.392. The van der Waals surface area contributed by atoms with E-state index >= 15 is 0 Å². The fourth-order valence-corrected chi connectivity index (χ4v) is 5.36. The summed E-state index contributed by atoms with van der Waals surface area (Å²) in [7, 11) is 0. The molecule has 0 bridgehead atoms. The van der Waals surface area contributed by atoms with Crippen LogP contribution >= 0.6 is 0 Å². The third-order valence-corrected chi connectivity index (χ3v) is 7.18. The summed E-state index contributed by atoms with van der Waals surface area (Å²) in [6, 6.07) is 21.6. The molecule has 0 aliphatic carbocycles. The van der Waals surface area contributed by atoms with E-state index < -0.39 is 0 Å². The molecule has 1 amide bonds. The summed E-state index contributed by atoms with van der Waals surface area (Å²) in [4.78, 5) is 20.1. The monoisotopic (exact) mass is 501 g/mol. The third kappa shape index (κ3) is 5.92. The summed E-state index contributed by atoms with van der Waals surface area (Å²) in [5.74, 6) is -0.342. The summed E-state index contributed by atoms with van der Waals surface area (Å²) in [5, 5.41) is 10.3. The molecule has 1 saturated heterocycles. The molecule has 0 aromatic heterocycles. The Morgan fingerprint density at radius 3 is 2.43 bits per heavy atom. The molecule has 0 unspecified atom stereocenters. The maximum atomic E-state index is 13.9. The first-order valence-electron chi connectivity index (χ1n) is 12.9. The molecule has 4 rings (SSSR count). The predicted octanol–water partition coefficient (Wildman–Crippen LogP) is 5.87. The Hall–Kier alpha value is -3.48. The van der Waals surface area contributed by atoms with Crippen LogP contribution in [0.4, 0.5) is 10.1 Å². The number of piperazine rings is 1. The predicted molar refractivity (Wildman–Crippen MR) is 148 cm³/mol. The minimum Gasteiger partial charge on any atom is -0.508 e. The molecule has 3 atom stereocenters. The zero-order valence-corrected chi connectivity index (χ0v) is 21.8. The summed E-state index contributed by atoms with van der Waals surface area (Å²) < 4.78 is 13.9. The molecule has 3 aromatic carbocycles. The van der Waals surface area contributed by atoms with Crippen molar-refractivity contribution in [1.29, 1.82) is 0 Å². The van der Waals surface area contributed by atoms with Gasteiger partial charge in [-0.3, -0.25) is 14.6 Å². The Balaban J connectivity index is 1.73. The van der Waals surface area contributed by atoms with Crippen molar-refractivity contribution in [1.82, 2.24) is 9.80 Å². The molecule has 0 saturated carbocycles. The van der Waals surface area contributed by atoms with Gasteiger partial charge < -0.3 is 10.0 Å². The Labute approximate surface area is 219 Å². The van der Waals surface area contributed by atoms with Crippen molar-refractivity contribution >= 4 is 11.6 Å². The lowest BCUT2D eigenvalue weighted by Crippen LogP contribution is -2.57. The van der Waals surface area contributed by atoms with E-state index in [4.69, 9.17) is 0 Å². The van der Waals surface area contributed by atoms with Crippen LogP contribution in [0.5, 0.6) is 5.75 Å². The van der Waals surface area contributed by atoms with Gasteiger partial charge in [0.15, 0.2) is 0 Å². The van der Waals surface area contributed by atoms with Gasteiger partial charge in [-0.25, -0.2) is 4.39 Å². The number of amides is 1. The van der Waals surface area contributed by atoms with Crippen molar-refractivity contribution in [3.8, 4) is 5.75 Å². The van der Waals surface area contributed by atoms with E-state index in [9.17, 15) is 14.3 Å². The van der Waals surface area contributed by atoms with Crippen molar-refractivity contribution in [2.24, 2.45) is 0 Å². The fourth-order valence-electron chi connectivity index (χ4n) is 5.36. The van der Waals surface area contributed by atoms with E-state index in [2.05, 4.69) is 30.2 Å². The van der Waals surface area contributed by atoms with Crippen molar-refractivity contribution in [3.05, 3.63) is 108 Å². The molecular weight excluding hydrogens is 465 g/mol. The van der Waals surface area contributed by atoms with Crippen molar-refractivity contribution in [3.63, 3.8) is 0 Å². The smallest absolute Gasteiger partial charge is 0.258 e. The number of phenolic OH excluding ortho intramolecular Hbond substituents is 1. The highest BCUT2D eigenvalue weighted by atomic mass is 19.1. The minimum absolute atomic E-state index is 0.146. The fraction of sp³-hybridized carbons (Fsp3) is 0.323. The molecule has 1 heterocycles. The topological polar surface area (TPSA) is 47.0 Å². The minimum atomic E-state index is -0.375. The van der Waals surface area contributed by atoms with Crippen LogP contribution in [0.3, 0.4) is 0 Å². The van der Waals surface area contributed by atoms with E-state index in [1.807, 2.05) is 43.3 Å². The molecule has 5 nitrogen and oxygen atoms in total. The molecule has 3 aromatic rings. The molecular formula is C31H36FN3O2. The van der Waals surface area contributed by atoms with Crippen LogP contribution in [0.15, 0.2) is 85.5 Å². The molecule has 37 heavy (non-hydrogen) atoms. The van der Waals surface area contributed by atoms with E-state index in [-0.39, 0.29) is 29.6 Å². The van der Waals surface area contributed by atoms with Gasteiger partial charge in [0, 0.05) is 49.5 Å². The first-order chi connectivity index (χ1) is 17.8. The number of aromatic hydroxyl groups is 1. The van der Waals surface area contributed by atoms with Crippen LogP contribution in [0.25, 0.3) is 0 Å². The van der Waals surface area contributed by atoms with Crippen LogP contribution in [-0.2, 0) is 0 Å². The maximum absolute atomic E-state index is 13.9. The van der Waals surface area contributed by atoms with E-state index in [1.165, 1.54) is 12.1 Å². The van der Waals surface area contributed by atoms with Crippen LogP contribution in [-0.4, -0.2) is 59.1 Å². The number of halogens is 1. The van der Waals surface area contributed by atoms with Gasteiger partial charge in [-0.05, 0) is 74.4 Å². The Bertz CT molecular complexity index is 1250. The van der Waals surface area contributed by atoms with Gasteiger partial charge in [0.1, 0.15) is 11.6 Å². The largest absolute Gasteiger partial charge is 0.508 e. The van der Waals surface area contributed by atoms with Crippen molar-refractivity contribution in [2.75, 3.05) is 31.1 Å². The molecule has 1 aliphatic heterocycles. The second kappa shape index (κ2) is 11.7. The van der Waals surface area contributed by atoms with Gasteiger partial charge in [-0.2, -0.15) is 0 Å². The number of rotatable bonds is 8. The van der Waals surface area contributed by atoms with Gasteiger partial charge in [0.2, 0.25) is 0 Å². The number of carbonyl (C=O) groups is 1. The Morgan fingerprint density at radius 1 is 1.05 bits per heavy atom. The highest BCUT2D eigenvalue weighted by molar-refractivity contribution is 6.06. The number of carbonyl (C=O) groups excluding carboxylic acids is 1. The number of nitrogens with zero attached hydrogens (tertiary/aromatic N) is 3. The van der Waals surface area contributed by atoms with Crippen molar-refractivity contribution < 1.29 is 14.3 Å². The highest BCUT2D eigenvalue weighted by Gasteiger charge is 2.35. The molecule has 0 radical (unpaired) electrons. The zero-order chi connectivity index (χ0) is 26.5. The number of hydrogen-bond acceptors (Lipinski definition) is 4. The first-order valence-corrected chi connectivity index (χ1v) is 12.9. The van der Waals surface area contributed by atoms with Crippen LogP contribution in [0, 0.1) is 5.82 Å². The van der Waals surface area contributed by atoms with Crippen LogP contribution < -0.4 is 4.90 Å². The number of anilines is 1. The summed E-state index contributed by atoms with van der Waals surface area (Å²) in [6.45, 7) is 13.2. The van der Waals surface area contributed by atoms with Gasteiger partial charge in [-0.1, -0.05) is 36.4 Å². The lowest BCUT2D eigenvalue weighted by Gasteiger charge is -2.47. The lowest BCUT2D eigenvalue weighted by molar-refractivity contribution is 0.0306. The van der Waals surface area contributed by atoms with Crippen LogP contribution in [0.1, 0.15) is 48.3 Å². The summed E-state index contributed by atoms with van der Waals surface area (Å²) in [6.07, 6.45) is 1.94. The summed E-state index contributed by atoms with van der Waals surface area (Å²) in [5.41, 5.74) is 3.02. The molecule has 1 aliphatic rings. The maximum Gasteiger partial charge on any atom is 0.258 e. The van der Waals surface area contributed by atoms with Crippen molar-refractivity contribution in [2.45, 2.75) is 38.9 Å². The van der Waals surface area contributed by atoms with Crippen LogP contribution in [0.2, 0.25) is 0 Å². The van der Waals surface area contributed by atoms with E-state index in [0.717, 1.165) is 30.8 Å². The number of phenols is 1. The van der Waals surface area contributed by atoms with Gasteiger partial charge >= 0.3 is 0 Å². The number of hydrogen-bond donors (Lipinski definition) is 1. The second-order valence-electron chi connectivity index (χ2n) is 9.79. The number of benzene rings is 3. The zero-order valence-electron chi connectivity index (χ0n) is 21.8. The Kier molecular flexibility index (Phi) is 8.41. The highest BCUT2D eigenvalue weighted by Crippen LogP contribution is 2.35. The first kappa shape index (κ1) is 26.6. The third-order valence-electron chi connectivity index (χ3n) is 7.18. The SMILES string of the molecule is C=CCN1C[C@H](C)N([C@@H](c2cccc(O)c2)c2cccc(C(=O)N(CC)c3cccc(F)c3)c2)C[C@H]1C. The van der Waals surface area contributed by atoms with E-state index in [1.54, 1.807) is 35.2 Å². The van der Waals surface area contributed by atoms with Gasteiger partial charge in [0.25, 0.3) is 5.91 Å². The molecule has 1 fully saturated rings. The Morgan fingerprint density at radius 2 is 1.76 bits per heavy atom. The average Bonchev–Trinajstić information content (AvgIpc) is 2.88. The lowest BCUT2D eigenvalue weighted by atomic mass is 9.92. The molecule has 0 spiro atoms. The summed E-state index contributed by atoms with van der Waals surface area (Å²) >= 11 is 0. The standard InChI is InChI=1S/C31H36FN3O2/c1-5-16-33-20-23(4)35(21-22(33)3)30(25-11-8-15-29(36)18-25)24-10-7-12-26(17-24)31(37)34(6-2)28-14-9-13-27(32)19-28/h5,7-15,17-19,22-23,30,36H,1,6,16,20-21H2,2-4H3/t22-,23+,30-/m1/s1. The molecule has 1 N–H and O–H groups in total. The normalized spacial score (nSPS) is 19.4. The second-order valence-corrected chi connectivity index (χ2v) is 9.79. The molecule has 6 heteroatoms.